The van der Waals surface area contributed by atoms with E-state index in [4.69, 9.17) is 5.11 Å². The van der Waals surface area contributed by atoms with Gasteiger partial charge in [-0.25, -0.2) is 0 Å². The molecule has 1 fully saturated rings. The van der Waals surface area contributed by atoms with Crippen molar-refractivity contribution in [2.75, 3.05) is 12.4 Å². The number of likely N-dealkylation sites (tertiary alicyclic amines) is 1. The molecule has 1 aliphatic rings. The van der Waals surface area contributed by atoms with Crippen LogP contribution in [0.3, 0.4) is 0 Å². The molecule has 2 amide bonds. The van der Waals surface area contributed by atoms with Crippen molar-refractivity contribution in [3.63, 3.8) is 0 Å². The standard InChI is InChI=1S/C16H27NO4S/c1-2-3-4-5-6-7-8-9-10-17-15(19)13-14(16(17)20)22(21)12-11-18/h9-10,14,18H,2-8,11-13H2,1H3/b10-9+. The van der Waals surface area contributed by atoms with Gasteiger partial charge in [0.25, 0.3) is 5.91 Å². The van der Waals surface area contributed by atoms with Gasteiger partial charge in [0.2, 0.25) is 11.2 Å². The number of allylic oxidation sites excluding steroid dienone is 1. The molecule has 0 aliphatic carbocycles. The molecule has 2 unspecified atom stereocenters. The Kier molecular flexibility index (Phi) is 9.43. The van der Waals surface area contributed by atoms with Crippen LogP contribution in [0.2, 0.25) is 0 Å². The Hall–Kier alpha value is -0.850. The van der Waals surface area contributed by atoms with E-state index in [9.17, 15) is 14.1 Å². The number of carbonyl (C=O) groups is 2. The quantitative estimate of drug-likeness (QED) is 0.358. The summed E-state index contributed by atoms with van der Waals surface area (Å²) < 4.78 is 11.8. The van der Waals surface area contributed by atoms with Crippen LogP contribution in [-0.4, -0.2) is 44.0 Å². The van der Waals surface area contributed by atoms with Crippen LogP contribution in [0.25, 0.3) is 0 Å². The summed E-state index contributed by atoms with van der Waals surface area (Å²) in [6.07, 6.45) is 11.4. The van der Waals surface area contributed by atoms with E-state index in [-0.39, 0.29) is 24.7 Å². The van der Waals surface area contributed by atoms with Crippen LogP contribution in [0.15, 0.2) is 12.3 Å². The van der Waals surface area contributed by atoms with Crippen LogP contribution in [0.5, 0.6) is 0 Å². The first-order valence-corrected chi connectivity index (χ1v) is 9.50. The lowest BCUT2D eigenvalue weighted by Gasteiger charge is -2.14. The van der Waals surface area contributed by atoms with Gasteiger partial charge in [-0.15, -0.1) is 0 Å². The maximum Gasteiger partial charge on any atom is 0.286 e. The maximum absolute atomic E-state index is 12.0. The molecule has 0 aromatic carbocycles. The van der Waals surface area contributed by atoms with E-state index in [1.54, 1.807) is 0 Å². The van der Waals surface area contributed by atoms with Gasteiger partial charge >= 0.3 is 0 Å². The summed E-state index contributed by atoms with van der Waals surface area (Å²) in [7, 11) is 0. The van der Waals surface area contributed by atoms with Crippen LogP contribution < -0.4 is 0 Å². The number of rotatable bonds is 11. The zero-order valence-corrected chi connectivity index (χ0v) is 14.1. The number of hydrogen-bond donors (Lipinski definition) is 1. The predicted molar refractivity (Wildman–Crippen MR) is 87.5 cm³/mol. The van der Waals surface area contributed by atoms with Crippen LogP contribution in [0.4, 0.5) is 0 Å². The molecule has 1 saturated heterocycles. The fourth-order valence-corrected chi connectivity index (χ4v) is 3.57. The van der Waals surface area contributed by atoms with Crippen LogP contribution in [-0.2, 0) is 20.8 Å². The number of unbranched alkanes of at least 4 members (excludes halogenated alkanes) is 6. The van der Waals surface area contributed by atoms with Crippen molar-refractivity contribution in [1.82, 2.24) is 4.90 Å². The SMILES string of the molecule is CCCCCCCC/C=C/N1C(=O)CC([S+]([O-])CCO)C1=O. The molecule has 6 heteroatoms. The second-order valence-electron chi connectivity index (χ2n) is 5.54. The van der Waals surface area contributed by atoms with Gasteiger partial charge < -0.3 is 9.66 Å². The Balaban J connectivity index is 2.31. The first kappa shape index (κ1) is 19.2. The fraction of sp³-hybridized carbons (Fsp3) is 0.750. The molecule has 0 aromatic rings. The van der Waals surface area contributed by atoms with Crippen molar-refractivity contribution in [2.24, 2.45) is 0 Å². The summed E-state index contributed by atoms with van der Waals surface area (Å²) in [6, 6.07) is 0. The summed E-state index contributed by atoms with van der Waals surface area (Å²) in [5.41, 5.74) is 0. The van der Waals surface area contributed by atoms with Crippen LogP contribution in [0, 0.1) is 0 Å². The second kappa shape index (κ2) is 10.8. The average molecular weight is 329 g/mol. The normalized spacial score (nSPS) is 20.3. The number of carbonyl (C=O) groups excluding carboxylic acids is 2. The van der Waals surface area contributed by atoms with Gasteiger partial charge in [-0.1, -0.05) is 45.1 Å². The Morgan fingerprint density at radius 1 is 1.27 bits per heavy atom. The second-order valence-corrected chi connectivity index (χ2v) is 7.28. The molecule has 0 spiro atoms. The molecule has 1 rings (SSSR count). The number of nitrogens with zero attached hydrogens (tertiary/aromatic N) is 1. The zero-order chi connectivity index (χ0) is 16.4. The highest BCUT2D eigenvalue weighted by atomic mass is 32.2. The van der Waals surface area contributed by atoms with Gasteiger partial charge in [-0.05, 0) is 24.0 Å². The third kappa shape index (κ3) is 6.10. The molecule has 5 nitrogen and oxygen atoms in total. The van der Waals surface area contributed by atoms with Crippen molar-refractivity contribution in [2.45, 2.75) is 63.5 Å². The highest BCUT2D eigenvalue weighted by molar-refractivity contribution is 7.92. The third-order valence-electron chi connectivity index (χ3n) is 3.73. The molecule has 1 heterocycles. The highest BCUT2D eigenvalue weighted by Crippen LogP contribution is 2.21. The maximum atomic E-state index is 12.0. The lowest BCUT2D eigenvalue weighted by atomic mass is 10.1. The van der Waals surface area contributed by atoms with Gasteiger partial charge in [-0.2, -0.15) is 0 Å². The Morgan fingerprint density at radius 2 is 1.95 bits per heavy atom. The Morgan fingerprint density at radius 3 is 2.64 bits per heavy atom. The molecule has 0 aromatic heterocycles. The molecule has 1 aliphatic heterocycles. The van der Waals surface area contributed by atoms with E-state index < -0.39 is 22.3 Å². The fourth-order valence-electron chi connectivity index (χ4n) is 2.44. The van der Waals surface area contributed by atoms with Gasteiger partial charge in [0.1, 0.15) is 5.75 Å². The average Bonchev–Trinajstić information content (AvgIpc) is 2.78. The number of aliphatic hydroxyl groups is 1. The monoisotopic (exact) mass is 329 g/mol. The van der Waals surface area contributed by atoms with E-state index in [1.165, 1.54) is 31.9 Å². The van der Waals surface area contributed by atoms with Crippen molar-refractivity contribution < 1.29 is 19.2 Å². The number of hydrogen-bond acceptors (Lipinski definition) is 4. The van der Waals surface area contributed by atoms with Crippen molar-refractivity contribution in [1.29, 1.82) is 0 Å². The zero-order valence-electron chi connectivity index (χ0n) is 13.3. The smallest absolute Gasteiger partial charge is 0.286 e. The summed E-state index contributed by atoms with van der Waals surface area (Å²) >= 11 is -1.48. The molecular formula is C16H27NO4S. The number of aliphatic hydroxyl groups excluding tert-OH is 1. The molecule has 1 N–H and O–H groups in total. The van der Waals surface area contributed by atoms with Gasteiger partial charge in [0, 0.05) is 6.20 Å². The lowest BCUT2D eigenvalue weighted by Crippen LogP contribution is -2.33. The summed E-state index contributed by atoms with van der Waals surface area (Å²) in [4.78, 5) is 24.9. The molecule has 0 radical (unpaired) electrons. The van der Waals surface area contributed by atoms with E-state index in [0.29, 0.717) is 0 Å². The largest absolute Gasteiger partial charge is 0.616 e. The first-order chi connectivity index (χ1) is 10.6. The lowest BCUT2D eigenvalue weighted by molar-refractivity contribution is -0.135. The predicted octanol–water partition coefficient (Wildman–Crippen LogP) is 2.12. The van der Waals surface area contributed by atoms with Crippen molar-refractivity contribution in [3.05, 3.63) is 12.3 Å². The summed E-state index contributed by atoms with van der Waals surface area (Å²) in [6.45, 7) is 1.95. The van der Waals surface area contributed by atoms with E-state index in [1.807, 2.05) is 6.08 Å². The first-order valence-electron chi connectivity index (χ1n) is 8.12. The molecule has 0 bridgehead atoms. The van der Waals surface area contributed by atoms with E-state index >= 15 is 0 Å². The molecule has 126 valence electrons. The van der Waals surface area contributed by atoms with Gasteiger partial charge in [-0.3, -0.25) is 14.5 Å². The van der Waals surface area contributed by atoms with E-state index in [0.717, 1.165) is 24.2 Å². The minimum atomic E-state index is -1.48. The minimum Gasteiger partial charge on any atom is -0.616 e. The van der Waals surface area contributed by atoms with Gasteiger partial charge in [0.15, 0.2) is 0 Å². The Bertz CT molecular complexity index is 386. The van der Waals surface area contributed by atoms with Gasteiger partial charge in [0.05, 0.1) is 13.0 Å². The van der Waals surface area contributed by atoms with Crippen LogP contribution >= 0.6 is 0 Å². The van der Waals surface area contributed by atoms with E-state index in [2.05, 4.69) is 6.92 Å². The highest BCUT2D eigenvalue weighted by Gasteiger charge is 2.44. The van der Waals surface area contributed by atoms with Crippen molar-refractivity contribution in [3.8, 4) is 0 Å². The van der Waals surface area contributed by atoms with Crippen LogP contribution in [0.1, 0.15) is 58.3 Å². The molecular weight excluding hydrogens is 302 g/mol. The number of amides is 2. The Labute approximate surface area is 135 Å². The van der Waals surface area contributed by atoms with Crippen molar-refractivity contribution >= 4 is 23.0 Å². The number of imide groups is 1. The molecule has 22 heavy (non-hydrogen) atoms. The molecule has 2 atom stereocenters. The summed E-state index contributed by atoms with van der Waals surface area (Å²) in [5, 5.41) is 7.98. The summed E-state index contributed by atoms with van der Waals surface area (Å²) in [5.74, 6) is -0.671. The topological polar surface area (TPSA) is 80.7 Å². The minimum absolute atomic E-state index is 0.0210. The third-order valence-corrected chi connectivity index (χ3v) is 5.32. The molecule has 0 saturated carbocycles.